The first-order valence-corrected chi connectivity index (χ1v) is 6.59. The Labute approximate surface area is 141 Å². The van der Waals surface area contributed by atoms with Crippen LogP contribution < -0.4 is 11.1 Å². The highest BCUT2D eigenvalue weighted by Crippen LogP contribution is 2.33. The second-order valence-electron chi connectivity index (χ2n) is 3.84. The third kappa shape index (κ3) is 3.47. The van der Waals surface area contributed by atoms with E-state index in [0.717, 1.165) is 6.07 Å². The van der Waals surface area contributed by atoms with E-state index in [9.17, 15) is 20.2 Å². The summed E-state index contributed by atoms with van der Waals surface area (Å²) in [6, 6.07) is 1.10. The Kier molecular flexibility index (Phi) is 4.63. The molecule has 11 nitrogen and oxygen atoms in total. The molecule has 0 bridgehead atoms. The first-order chi connectivity index (χ1) is 10.7. The van der Waals surface area contributed by atoms with Gasteiger partial charge < -0.3 is 11.1 Å². The molecule has 14 heteroatoms. The summed E-state index contributed by atoms with van der Waals surface area (Å²) in [5, 5.41) is 22.7. The number of aromatic nitrogens is 3. The number of nitrogens with two attached hydrogens (primary N) is 1. The van der Waals surface area contributed by atoms with E-state index in [1.165, 1.54) is 0 Å². The summed E-state index contributed by atoms with van der Waals surface area (Å²) >= 11 is 17.0. The van der Waals surface area contributed by atoms with Crippen molar-refractivity contribution in [3.05, 3.63) is 41.6 Å². The number of nitrogen functional groups attached to an aromatic ring is 1. The Hall–Kier alpha value is -2.50. The van der Waals surface area contributed by atoms with Gasteiger partial charge in [0.15, 0.2) is 0 Å². The molecule has 23 heavy (non-hydrogen) atoms. The first kappa shape index (κ1) is 16.9. The van der Waals surface area contributed by atoms with Gasteiger partial charge in [-0.25, -0.2) is 4.98 Å². The lowest BCUT2D eigenvalue weighted by Gasteiger charge is -2.07. The molecule has 2 aromatic heterocycles. The van der Waals surface area contributed by atoms with Crippen molar-refractivity contribution in [1.29, 1.82) is 0 Å². The molecule has 0 amide bonds. The van der Waals surface area contributed by atoms with E-state index in [1.54, 1.807) is 0 Å². The van der Waals surface area contributed by atoms with Gasteiger partial charge in [0.25, 0.3) is 0 Å². The number of nitro groups is 2. The number of nitrogens with one attached hydrogen (secondary N) is 1. The van der Waals surface area contributed by atoms with Gasteiger partial charge in [0.2, 0.25) is 22.1 Å². The fourth-order valence-electron chi connectivity index (χ4n) is 1.49. The van der Waals surface area contributed by atoms with Crippen LogP contribution in [0.5, 0.6) is 0 Å². The summed E-state index contributed by atoms with van der Waals surface area (Å²) in [6.45, 7) is 0. The lowest BCUT2D eigenvalue weighted by molar-refractivity contribution is -0.385. The van der Waals surface area contributed by atoms with E-state index in [2.05, 4.69) is 20.3 Å². The largest absolute Gasteiger partial charge is 0.378 e. The van der Waals surface area contributed by atoms with Gasteiger partial charge >= 0.3 is 11.4 Å². The highest BCUT2D eigenvalue weighted by atomic mass is 35.5. The van der Waals surface area contributed by atoms with E-state index in [4.69, 9.17) is 40.5 Å². The molecule has 0 saturated carbocycles. The molecule has 3 N–H and O–H groups in total. The lowest BCUT2D eigenvalue weighted by atomic mass is 10.3. The average molecular weight is 381 g/mol. The van der Waals surface area contributed by atoms with Crippen molar-refractivity contribution in [3.8, 4) is 0 Å². The Morgan fingerprint density at radius 1 is 1.00 bits per heavy atom. The van der Waals surface area contributed by atoms with Crippen molar-refractivity contribution in [1.82, 2.24) is 15.0 Å². The number of pyridine rings is 1. The zero-order valence-corrected chi connectivity index (χ0v) is 12.9. The lowest BCUT2D eigenvalue weighted by Crippen LogP contribution is -2.05. The van der Waals surface area contributed by atoms with Gasteiger partial charge in [0.1, 0.15) is 10.8 Å². The van der Waals surface area contributed by atoms with Crippen LogP contribution in [0.3, 0.4) is 0 Å². The van der Waals surface area contributed by atoms with Crippen molar-refractivity contribution in [3.63, 3.8) is 0 Å². The summed E-state index contributed by atoms with van der Waals surface area (Å²) in [7, 11) is 0. The first-order valence-electron chi connectivity index (χ1n) is 5.45. The molecule has 0 saturated heterocycles. The minimum atomic E-state index is -0.840. The number of nitrogens with zero attached hydrogens (tertiary/aromatic N) is 5. The fourth-order valence-corrected chi connectivity index (χ4v) is 2.29. The predicted molar refractivity (Wildman–Crippen MR) is 82.3 cm³/mol. The molecule has 0 aliphatic rings. The van der Waals surface area contributed by atoms with Crippen molar-refractivity contribution >= 4 is 63.8 Å². The quantitative estimate of drug-likeness (QED) is 0.461. The molecular formula is C9H4Cl3N7O4. The maximum Gasteiger partial charge on any atom is 0.343 e. The SMILES string of the molecule is Nc1nc(Nc2nc(Cl)c([N+](=O)[O-])c(Cl)n2)cc(Cl)c1[N+](=O)[O-]. The molecule has 0 spiro atoms. The van der Waals surface area contributed by atoms with E-state index < -0.39 is 37.3 Å². The summed E-state index contributed by atoms with van der Waals surface area (Å²) in [5.74, 6) is -0.717. The third-order valence-corrected chi connectivity index (χ3v) is 3.19. The standard InChI is InChI=1S/C9H4Cl3N7O4/c10-2-1-3(14-8(13)4(2)18(20)21)15-9-16-6(11)5(19(22)23)7(12)17-9/h1H,(H3,13,14,15,16,17). The zero-order valence-electron chi connectivity index (χ0n) is 10.7. The van der Waals surface area contributed by atoms with Crippen LogP contribution in [0.1, 0.15) is 0 Å². The van der Waals surface area contributed by atoms with Gasteiger partial charge in [0.05, 0.1) is 9.85 Å². The molecule has 0 unspecified atom stereocenters. The normalized spacial score (nSPS) is 10.4. The molecule has 2 aromatic rings. The molecule has 0 aliphatic heterocycles. The minimum Gasteiger partial charge on any atom is -0.378 e. The molecule has 2 heterocycles. The van der Waals surface area contributed by atoms with Gasteiger partial charge in [0, 0.05) is 6.07 Å². The van der Waals surface area contributed by atoms with Crippen LogP contribution >= 0.6 is 34.8 Å². The smallest absolute Gasteiger partial charge is 0.343 e. The van der Waals surface area contributed by atoms with Crippen LogP contribution in [0.15, 0.2) is 6.07 Å². The Morgan fingerprint density at radius 3 is 1.96 bits per heavy atom. The van der Waals surface area contributed by atoms with Crippen LogP contribution in [0.2, 0.25) is 15.3 Å². The van der Waals surface area contributed by atoms with Crippen LogP contribution in [0.25, 0.3) is 0 Å². The van der Waals surface area contributed by atoms with Crippen molar-refractivity contribution in [2.45, 2.75) is 0 Å². The number of anilines is 3. The highest BCUT2D eigenvalue weighted by Gasteiger charge is 2.23. The molecule has 0 fully saturated rings. The topological polar surface area (TPSA) is 163 Å². The van der Waals surface area contributed by atoms with Crippen molar-refractivity contribution in [2.75, 3.05) is 11.1 Å². The molecule has 0 aromatic carbocycles. The minimum absolute atomic E-state index is 0.0425. The fraction of sp³-hybridized carbons (Fsp3) is 0. The van der Waals surface area contributed by atoms with Gasteiger partial charge in [-0.1, -0.05) is 34.8 Å². The second-order valence-corrected chi connectivity index (χ2v) is 4.96. The van der Waals surface area contributed by atoms with E-state index in [-0.39, 0.29) is 16.8 Å². The predicted octanol–water partition coefficient (Wildman–Crippen LogP) is 2.97. The van der Waals surface area contributed by atoms with E-state index >= 15 is 0 Å². The molecule has 0 atom stereocenters. The highest BCUT2D eigenvalue weighted by molar-refractivity contribution is 6.36. The molecule has 2 rings (SSSR count). The van der Waals surface area contributed by atoms with Crippen molar-refractivity contribution in [2.24, 2.45) is 0 Å². The molecule has 0 radical (unpaired) electrons. The van der Waals surface area contributed by atoms with Gasteiger partial charge in [-0.2, -0.15) is 9.97 Å². The summed E-state index contributed by atoms with van der Waals surface area (Å²) in [6.07, 6.45) is 0. The number of halogens is 3. The summed E-state index contributed by atoms with van der Waals surface area (Å²) < 4.78 is 0. The van der Waals surface area contributed by atoms with Gasteiger partial charge in [-0.15, -0.1) is 0 Å². The van der Waals surface area contributed by atoms with E-state index in [1.807, 2.05) is 0 Å². The third-order valence-electron chi connectivity index (χ3n) is 2.38. The Balaban J connectivity index is 2.41. The zero-order chi connectivity index (χ0) is 17.3. The van der Waals surface area contributed by atoms with E-state index in [0.29, 0.717) is 0 Å². The van der Waals surface area contributed by atoms with Gasteiger partial charge in [-0.3, -0.25) is 20.2 Å². The van der Waals surface area contributed by atoms with Crippen LogP contribution in [0.4, 0.5) is 29.0 Å². The van der Waals surface area contributed by atoms with Crippen molar-refractivity contribution < 1.29 is 9.85 Å². The number of hydrogen-bond donors (Lipinski definition) is 2. The summed E-state index contributed by atoms with van der Waals surface area (Å²) in [4.78, 5) is 30.8. The van der Waals surface area contributed by atoms with Crippen LogP contribution in [0, 0.1) is 20.2 Å². The summed E-state index contributed by atoms with van der Waals surface area (Å²) in [5.41, 5.74) is 4.22. The monoisotopic (exact) mass is 379 g/mol. The van der Waals surface area contributed by atoms with Crippen LogP contribution in [-0.2, 0) is 0 Å². The van der Waals surface area contributed by atoms with Crippen LogP contribution in [-0.4, -0.2) is 24.8 Å². The molecule has 120 valence electrons. The van der Waals surface area contributed by atoms with Gasteiger partial charge in [-0.05, 0) is 0 Å². The Bertz CT molecular complexity index is 717. The number of hydrogen-bond acceptors (Lipinski definition) is 9. The maximum atomic E-state index is 10.8. The number of rotatable bonds is 4. The maximum absolute atomic E-state index is 10.8. The second kappa shape index (κ2) is 6.32. The average Bonchev–Trinajstić information content (AvgIpc) is 2.35. The molecular weight excluding hydrogens is 377 g/mol. The molecule has 0 aliphatic carbocycles. The Morgan fingerprint density at radius 2 is 1.52 bits per heavy atom.